The van der Waals surface area contributed by atoms with Crippen LogP contribution < -0.4 is 5.32 Å². The molecule has 2 rings (SSSR count). The van der Waals surface area contributed by atoms with E-state index in [2.05, 4.69) is 12.2 Å². The van der Waals surface area contributed by atoms with Gasteiger partial charge >= 0.3 is 0 Å². The molecule has 0 aromatic carbocycles. The Kier molecular flexibility index (Phi) is 4.45. The maximum Gasteiger partial charge on any atom is 0.0506 e. The Hall–Kier alpha value is -0.0800. The molecule has 1 aliphatic heterocycles. The van der Waals surface area contributed by atoms with Crippen LogP contribution in [0.2, 0.25) is 0 Å². The van der Waals surface area contributed by atoms with Crippen LogP contribution in [0.1, 0.15) is 45.4 Å². The number of rotatable bonds is 3. The third-order valence-corrected chi connectivity index (χ3v) is 4.03. The van der Waals surface area contributed by atoms with Crippen LogP contribution >= 0.6 is 0 Å². The van der Waals surface area contributed by atoms with Gasteiger partial charge in [-0.05, 0) is 37.5 Å². The Morgan fingerprint density at radius 1 is 1.13 bits per heavy atom. The van der Waals surface area contributed by atoms with E-state index in [-0.39, 0.29) is 0 Å². The first-order chi connectivity index (χ1) is 7.36. The standard InChI is InChI=1S/C13H25NO/c1-11-5-2-3-7-13(11)14-9-12-6-4-8-15-10-12/h11-14H,2-10H2,1H3. The van der Waals surface area contributed by atoms with Gasteiger partial charge in [-0.1, -0.05) is 19.8 Å². The van der Waals surface area contributed by atoms with Gasteiger partial charge in [-0.25, -0.2) is 0 Å². The van der Waals surface area contributed by atoms with Gasteiger partial charge in [0.2, 0.25) is 0 Å². The molecule has 0 spiro atoms. The molecule has 1 N–H and O–H groups in total. The summed E-state index contributed by atoms with van der Waals surface area (Å²) in [6.45, 7) is 5.54. The molecule has 0 radical (unpaired) electrons. The Morgan fingerprint density at radius 3 is 2.73 bits per heavy atom. The van der Waals surface area contributed by atoms with Crippen LogP contribution in [-0.2, 0) is 4.74 Å². The Labute approximate surface area is 93.8 Å². The van der Waals surface area contributed by atoms with E-state index in [9.17, 15) is 0 Å². The molecule has 3 unspecified atom stereocenters. The van der Waals surface area contributed by atoms with E-state index in [1.54, 1.807) is 0 Å². The maximum atomic E-state index is 5.51. The van der Waals surface area contributed by atoms with Crippen LogP contribution in [0, 0.1) is 11.8 Å². The molecule has 2 nitrogen and oxygen atoms in total. The number of nitrogens with one attached hydrogen (secondary N) is 1. The molecule has 1 aliphatic carbocycles. The summed E-state index contributed by atoms with van der Waals surface area (Å²) < 4.78 is 5.51. The highest BCUT2D eigenvalue weighted by molar-refractivity contribution is 4.79. The van der Waals surface area contributed by atoms with Crippen molar-refractivity contribution in [1.29, 1.82) is 0 Å². The predicted octanol–water partition coefficient (Wildman–Crippen LogP) is 2.58. The average Bonchev–Trinajstić information content (AvgIpc) is 2.29. The number of ether oxygens (including phenoxy) is 1. The molecular weight excluding hydrogens is 186 g/mol. The van der Waals surface area contributed by atoms with Crippen LogP contribution in [0.5, 0.6) is 0 Å². The fourth-order valence-electron chi connectivity index (χ4n) is 2.91. The Balaban J connectivity index is 1.67. The van der Waals surface area contributed by atoms with E-state index in [0.29, 0.717) is 0 Å². The third-order valence-electron chi connectivity index (χ3n) is 4.03. The minimum atomic E-state index is 0.771. The van der Waals surface area contributed by atoms with Gasteiger partial charge in [0.05, 0.1) is 6.61 Å². The van der Waals surface area contributed by atoms with Gasteiger partial charge in [-0.15, -0.1) is 0 Å². The van der Waals surface area contributed by atoms with Crippen molar-refractivity contribution in [2.45, 2.75) is 51.5 Å². The van der Waals surface area contributed by atoms with Crippen molar-refractivity contribution in [1.82, 2.24) is 5.32 Å². The second-order valence-corrected chi connectivity index (χ2v) is 5.36. The van der Waals surface area contributed by atoms with Crippen LogP contribution in [0.3, 0.4) is 0 Å². The number of hydrogen-bond donors (Lipinski definition) is 1. The average molecular weight is 211 g/mol. The van der Waals surface area contributed by atoms with Gasteiger partial charge in [0.25, 0.3) is 0 Å². The summed E-state index contributed by atoms with van der Waals surface area (Å²) in [6, 6.07) is 0.778. The number of hydrogen-bond acceptors (Lipinski definition) is 2. The summed E-state index contributed by atoms with van der Waals surface area (Å²) in [5.74, 6) is 1.65. The SMILES string of the molecule is CC1CCCCC1NCC1CCCOC1. The lowest BCUT2D eigenvalue weighted by Gasteiger charge is -2.32. The maximum absolute atomic E-state index is 5.51. The summed E-state index contributed by atoms with van der Waals surface area (Å²) >= 11 is 0. The minimum absolute atomic E-state index is 0.771. The monoisotopic (exact) mass is 211 g/mol. The Bertz CT molecular complexity index is 177. The van der Waals surface area contributed by atoms with Crippen LogP contribution in [-0.4, -0.2) is 25.8 Å². The van der Waals surface area contributed by atoms with Gasteiger partial charge in [-0.2, -0.15) is 0 Å². The third kappa shape index (κ3) is 3.46. The highest BCUT2D eigenvalue weighted by Crippen LogP contribution is 2.24. The van der Waals surface area contributed by atoms with Crippen LogP contribution in [0.4, 0.5) is 0 Å². The molecule has 2 fully saturated rings. The molecular formula is C13H25NO. The topological polar surface area (TPSA) is 21.3 Å². The van der Waals surface area contributed by atoms with Gasteiger partial charge in [0.1, 0.15) is 0 Å². The largest absolute Gasteiger partial charge is 0.381 e. The zero-order chi connectivity index (χ0) is 10.5. The molecule has 2 aliphatic rings. The van der Waals surface area contributed by atoms with Crippen molar-refractivity contribution >= 4 is 0 Å². The zero-order valence-electron chi connectivity index (χ0n) is 10.0. The first kappa shape index (κ1) is 11.4. The summed E-state index contributed by atoms with van der Waals surface area (Å²) in [5.41, 5.74) is 0. The Morgan fingerprint density at radius 2 is 2.00 bits per heavy atom. The predicted molar refractivity (Wildman–Crippen MR) is 63.0 cm³/mol. The lowest BCUT2D eigenvalue weighted by Crippen LogP contribution is -2.41. The molecule has 0 amide bonds. The molecule has 1 saturated carbocycles. The molecule has 0 bridgehead atoms. The van der Waals surface area contributed by atoms with Crippen molar-refractivity contribution < 1.29 is 4.74 Å². The van der Waals surface area contributed by atoms with E-state index in [1.165, 1.54) is 45.1 Å². The molecule has 3 atom stereocenters. The summed E-state index contributed by atoms with van der Waals surface area (Å²) in [4.78, 5) is 0. The van der Waals surface area contributed by atoms with Gasteiger partial charge < -0.3 is 10.1 Å². The molecule has 0 aromatic heterocycles. The van der Waals surface area contributed by atoms with Crippen molar-refractivity contribution in [3.8, 4) is 0 Å². The van der Waals surface area contributed by atoms with E-state index in [4.69, 9.17) is 4.74 Å². The minimum Gasteiger partial charge on any atom is -0.381 e. The normalized spacial score (nSPS) is 37.8. The zero-order valence-corrected chi connectivity index (χ0v) is 10.0. The highest BCUT2D eigenvalue weighted by atomic mass is 16.5. The molecule has 1 saturated heterocycles. The first-order valence-electron chi connectivity index (χ1n) is 6.67. The molecule has 88 valence electrons. The van der Waals surface area contributed by atoms with Crippen molar-refractivity contribution in [2.24, 2.45) is 11.8 Å². The van der Waals surface area contributed by atoms with E-state index >= 15 is 0 Å². The van der Waals surface area contributed by atoms with E-state index in [1.807, 2.05) is 0 Å². The second-order valence-electron chi connectivity index (χ2n) is 5.36. The fraction of sp³-hybridized carbons (Fsp3) is 1.00. The lowest BCUT2D eigenvalue weighted by atomic mass is 9.85. The van der Waals surface area contributed by atoms with Crippen molar-refractivity contribution in [2.75, 3.05) is 19.8 Å². The lowest BCUT2D eigenvalue weighted by molar-refractivity contribution is 0.0523. The van der Waals surface area contributed by atoms with Gasteiger partial charge in [-0.3, -0.25) is 0 Å². The second kappa shape index (κ2) is 5.86. The van der Waals surface area contributed by atoms with Crippen LogP contribution in [0.15, 0.2) is 0 Å². The van der Waals surface area contributed by atoms with Gasteiger partial charge in [0, 0.05) is 19.2 Å². The quantitative estimate of drug-likeness (QED) is 0.774. The van der Waals surface area contributed by atoms with Crippen molar-refractivity contribution in [3.63, 3.8) is 0 Å². The molecule has 0 aromatic rings. The summed E-state index contributed by atoms with van der Waals surface area (Å²) in [5, 5.41) is 3.76. The molecule has 15 heavy (non-hydrogen) atoms. The van der Waals surface area contributed by atoms with Gasteiger partial charge in [0.15, 0.2) is 0 Å². The summed E-state index contributed by atoms with van der Waals surface area (Å²) in [6.07, 6.45) is 8.27. The molecule has 2 heteroatoms. The fourth-order valence-corrected chi connectivity index (χ4v) is 2.91. The molecule has 1 heterocycles. The highest BCUT2D eigenvalue weighted by Gasteiger charge is 2.22. The first-order valence-corrected chi connectivity index (χ1v) is 6.67. The smallest absolute Gasteiger partial charge is 0.0506 e. The summed E-state index contributed by atoms with van der Waals surface area (Å²) in [7, 11) is 0. The van der Waals surface area contributed by atoms with E-state index < -0.39 is 0 Å². The van der Waals surface area contributed by atoms with Crippen molar-refractivity contribution in [3.05, 3.63) is 0 Å². The van der Waals surface area contributed by atoms with E-state index in [0.717, 1.165) is 31.1 Å². The van der Waals surface area contributed by atoms with Crippen LogP contribution in [0.25, 0.3) is 0 Å².